The number of nitrogens with one attached hydrogen (secondary N) is 3. The number of amides is 1. The second-order valence-corrected chi connectivity index (χ2v) is 6.77. The van der Waals surface area contributed by atoms with Gasteiger partial charge in [0, 0.05) is 18.0 Å². The Morgan fingerprint density at radius 2 is 1.57 bits per heavy atom. The Hall–Kier alpha value is -4.07. The summed E-state index contributed by atoms with van der Waals surface area (Å²) >= 11 is 0. The van der Waals surface area contributed by atoms with E-state index in [1.165, 1.54) is 0 Å². The Bertz CT molecular complexity index is 1020. The number of anilines is 2. The molecule has 1 aliphatic rings. The van der Waals surface area contributed by atoms with E-state index >= 15 is 0 Å². The third-order valence-corrected chi connectivity index (χ3v) is 4.79. The monoisotopic (exact) mass is 404 g/mol. The first-order chi connectivity index (χ1) is 14.6. The van der Waals surface area contributed by atoms with Gasteiger partial charge < -0.3 is 25.8 Å². The topological polar surface area (TPSA) is 113 Å². The molecule has 0 radical (unpaired) electrons. The average Bonchev–Trinajstić information content (AvgIpc) is 3.18. The van der Waals surface area contributed by atoms with Gasteiger partial charge >= 0.3 is 5.97 Å². The molecular weight excluding hydrogens is 384 g/mol. The highest BCUT2D eigenvalue weighted by Gasteiger charge is 2.46. The summed E-state index contributed by atoms with van der Waals surface area (Å²) in [5.41, 5.74) is 0.681. The quantitative estimate of drug-likeness (QED) is 0.478. The van der Waals surface area contributed by atoms with E-state index in [0.29, 0.717) is 11.3 Å². The molecule has 1 unspecified atom stereocenters. The molecule has 4 N–H and O–H groups in total. The second-order valence-electron chi connectivity index (χ2n) is 6.77. The number of rotatable bonds is 7. The third kappa shape index (κ3) is 3.75. The van der Waals surface area contributed by atoms with Gasteiger partial charge in [-0.3, -0.25) is 9.78 Å². The first-order valence-electron chi connectivity index (χ1n) is 9.36. The lowest BCUT2D eigenvalue weighted by atomic mass is 9.99. The number of fused-ring (bicyclic) bond motifs is 1. The lowest BCUT2D eigenvalue weighted by Gasteiger charge is -2.31. The molecule has 8 heteroatoms. The molecule has 2 heterocycles. The molecule has 152 valence electrons. The molecule has 30 heavy (non-hydrogen) atoms. The minimum absolute atomic E-state index is 0.218. The maximum Gasteiger partial charge on any atom is 0.329 e. The molecule has 0 saturated heterocycles. The molecule has 4 rings (SSSR count). The van der Waals surface area contributed by atoms with Crippen LogP contribution in [0.3, 0.4) is 0 Å². The van der Waals surface area contributed by atoms with E-state index in [-0.39, 0.29) is 6.61 Å². The van der Waals surface area contributed by atoms with Gasteiger partial charge in [-0.25, -0.2) is 4.79 Å². The Balaban J connectivity index is 1.58. The summed E-state index contributed by atoms with van der Waals surface area (Å²) in [6.07, 6.45) is 3.15. The summed E-state index contributed by atoms with van der Waals surface area (Å²) in [5, 5.41) is 18.6. The number of para-hydroxylation sites is 3. The van der Waals surface area contributed by atoms with Gasteiger partial charge in [-0.1, -0.05) is 30.3 Å². The summed E-state index contributed by atoms with van der Waals surface area (Å²) in [4.78, 5) is 29.2. The molecule has 1 atom stereocenters. The zero-order valence-electron chi connectivity index (χ0n) is 15.9. The predicted molar refractivity (Wildman–Crippen MR) is 111 cm³/mol. The van der Waals surface area contributed by atoms with E-state index in [1.54, 1.807) is 48.8 Å². The third-order valence-electron chi connectivity index (χ3n) is 4.79. The highest BCUT2D eigenvalue weighted by molar-refractivity contribution is 5.99. The van der Waals surface area contributed by atoms with Crippen molar-refractivity contribution in [2.45, 2.75) is 11.7 Å². The number of hydrogen-bond acceptors (Lipinski definition) is 6. The fourth-order valence-corrected chi connectivity index (χ4v) is 3.26. The van der Waals surface area contributed by atoms with Gasteiger partial charge in [-0.2, -0.15) is 0 Å². The van der Waals surface area contributed by atoms with Crippen LogP contribution >= 0.6 is 0 Å². The minimum atomic E-state index is -1.38. The van der Waals surface area contributed by atoms with Crippen LogP contribution in [-0.2, 0) is 15.3 Å². The van der Waals surface area contributed by atoms with Gasteiger partial charge in [-0.15, -0.1) is 0 Å². The van der Waals surface area contributed by atoms with E-state index in [1.807, 2.05) is 30.3 Å². The van der Waals surface area contributed by atoms with E-state index in [4.69, 9.17) is 4.74 Å². The number of nitrogens with zero attached hydrogens (tertiary/aromatic N) is 1. The van der Waals surface area contributed by atoms with Crippen LogP contribution in [0.5, 0.6) is 5.75 Å². The fourth-order valence-electron chi connectivity index (χ4n) is 3.26. The van der Waals surface area contributed by atoms with Crippen LogP contribution in [0.15, 0.2) is 79.1 Å². The summed E-state index contributed by atoms with van der Waals surface area (Å²) in [6, 6.07) is 18.4. The van der Waals surface area contributed by atoms with Gasteiger partial charge in [0.25, 0.3) is 5.91 Å². The standard InChI is InChI=1S/C22H20N4O4/c27-20(28)19(14-30-16-6-2-1-3-7-16)24-21(29)22(15-10-12-23-13-11-15)25-17-8-4-5-9-18(17)26-22/h1-13,19,25-26H,14H2,(H,24,29)(H,27,28). The van der Waals surface area contributed by atoms with Crippen LogP contribution in [0.25, 0.3) is 0 Å². The number of aliphatic carboxylic acids is 1. The Morgan fingerprint density at radius 3 is 2.17 bits per heavy atom. The highest BCUT2D eigenvalue weighted by atomic mass is 16.5. The number of ether oxygens (including phenoxy) is 1. The number of aromatic nitrogens is 1. The average molecular weight is 404 g/mol. The maximum absolute atomic E-state index is 13.4. The second kappa shape index (κ2) is 8.12. The first kappa shape index (κ1) is 19.3. The van der Waals surface area contributed by atoms with Gasteiger partial charge in [0.2, 0.25) is 5.66 Å². The summed E-state index contributed by atoms with van der Waals surface area (Å²) in [5.74, 6) is -1.22. The summed E-state index contributed by atoms with van der Waals surface area (Å²) < 4.78 is 5.55. The zero-order chi connectivity index (χ0) is 21.0. The molecule has 8 nitrogen and oxygen atoms in total. The lowest BCUT2D eigenvalue weighted by Crippen LogP contribution is -2.57. The van der Waals surface area contributed by atoms with Crippen molar-refractivity contribution in [2.75, 3.05) is 17.2 Å². The van der Waals surface area contributed by atoms with Crippen LogP contribution in [0.2, 0.25) is 0 Å². The van der Waals surface area contributed by atoms with Gasteiger partial charge in [0.15, 0.2) is 6.04 Å². The van der Waals surface area contributed by atoms with Crippen LogP contribution in [0, 0.1) is 0 Å². The number of carboxylic acids is 1. The van der Waals surface area contributed by atoms with Gasteiger partial charge in [-0.05, 0) is 36.4 Å². The molecule has 0 aliphatic carbocycles. The Labute approximate surface area is 172 Å². The minimum Gasteiger partial charge on any atom is -0.491 e. The van der Waals surface area contributed by atoms with Crippen molar-refractivity contribution in [3.8, 4) is 5.75 Å². The van der Waals surface area contributed by atoms with E-state index in [0.717, 1.165) is 11.4 Å². The fraction of sp³-hybridized carbons (Fsp3) is 0.136. The summed E-state index contributed by atoms with van der Waals surface area (Å²) in [7, 11) is 0. The highest BCUT2D eigenvalue weighted by Crippen LogP contribution is 2.39. The largest absolute Gasteiger partial charge is 0.491 e. The molecule has 3 aromatic rings. The number of pyridine rings is 1. The van der Waals surface area contributed by atoms with E-state index < -0.39 is 23.6 Å². The van der Waals surface area contributed by atoms with Gasteiger partial charge in [0.05, 0.1) is 11.4 Å². The Kier molecular flexibility index (Phi) is 5.21. The molecule has 1 amide bonds. The van der Waals surface area contributed by atoms with Crippen molar-refractivity contribution in [2.24, 2.45) is 0 Å². The molecule has 0 bridgehead atoms. The molecule has 2 aromatic carbocycles. The first-order valence-corrected chi connectivity index (χ1v) is 9.36. The van der Waals surface area contributed by atoms with Gasteiger partial charge in [0.1, 0.15) is 12.4 Å². The number of hydrogen-bond donors (Lipinski definition) is 4. The molecule has 0 fully saturated rings. The number of carbonyl (C=O) groups is 2. The van der Waals surface area contributed by atoms with E-state index in [9.17, 15) is 14.7 Å². The molecule has 0 saturated carbocycles. The zero-order valence-corrected chi connectivity index (χ0v) is 15.9. The number of benzene rings is 2. The van der Waals surface area contributed by atoms with Crippen molar-refractivity contribution in [3.05, 3.63) is 84.7 Å². The van der Waals surface area contributed by atoms with Crippen molar-refractivity contribution >= 4 is 23.3 Å². The van der Waals surface area contributed by atoms with Crippen molar-refractivity contribution in [1.29, 1.82) is 0 Å². The predicted octanol–water partition coefficient (Wildman–Crippen LogP) is 2.42. The normalized spacial score (nSPS) is 14.5. The van der Waals surface area contributed by atoms with Crippen LogP contribution < -0.4 is 20.7 Å². The van der Waals surface area contributed by atoms with Crippen molar-refractivity contribution in [3.63, 3.8) is 0 Å². The molecule has 1 aromatic heterocycles. The molecule has 0 spiro atoms. The van der Waals surface area contributed by atoms with Crippen molar-refractivity contribution < 1.29 is 19.4 Å². The van der Waals surface area contributed by atoms with Crippen LogP contribution in [0.1, 0.15) is 5.56 Å². The molecular formula is C22H20N4O4. The van der Waals surface area contributed by atoms with Crippen molar-refractivity contribution in [1.82, 2.24) is 10.3 Å². The van der Waals surface area contributed by atoms with Crippen LogP contribution in [-0.4, -0.2) is 34.6 Å². The lowest BCUT2D eigenvalue weighted by molar-refractivity contribution is -0.143. The molecule has 1 aliphatic heterocycles. The number of carboxylic acid groups (broad SMARTS) is 1. The number of carbonyl (C=O) groups excluding carboxylic acids is 1. The Morgan fingerprint density at radius 1 is 0.967 bits per heavy atom. The smallest absolute Gasteiger partial charge is 0.329 e. The van der Waals surface area contributed by atoms with Crippen LogP contribution in [0.4, 0.5) is 11.4 Å². The SMILES string of the molecule is O=C(O)C(COc1ccccc1)NC(=O)C1(c2ccncc2)Nc2ccccc2N1. The summed E-state index contributed by atoms with van der Waals surface area (Å²) in [6.45, 7) is -0.218. The maximum atomic E-state index is 13.4. The van der Waals surface area contributed by atoms with E-state index in [2.05, 4.69) is 20.9 Å².